The van der Waals surface area contributed by atoms with Crippen molar-refractivity contribution in [2.24, 2.45) is 23.2 Å². The van der Waals surface area contributed by atoms with Crippen LogP contribution in [0.25, 0.3) is 0 Å². The van der Waals surface area contributed by atoms with Crippen LogP contribution in [0, 0.1) is 34.5 Å². The summed E-state index contributed by atoms with van der Waals surface area (Å²) in [6, 6.07) is 2.29. The average molecular weight is 260 g/mol. The van der Waals surface area contributed by atoms with Crippen LogP contribution in [-0.2, 0) is 9.59 Å². The lowest BCUT2D eigenvalue weighted by Gasteiger charge is -2.41. The molecule has 1 heterocycles. The molecule has 4 heteroatoms. The van der Waals surface area contributed by atoms with Crippen molar-refractivity contribution in [1.82, 2.24) is 4.90 Å². The Bertz CT molecular complexity index is 471. The summed E-state index contributed by atoms with van der Waals surface area (Å²) in [7, 11) is 0. The van der Waals surface area contributed by atoms with Gasteiger partial charge < -0.3 is 0 Å². The van der Waals surface area contributed by atoms with E-state index in [1.54, 1.807) is 0 Å². The minimum atomic E-state index is -0.857. The number of carbonyl (C=O) groups excluding carboxylic acids is 2. The van der Waals surface area contributed by atoms with Crippen molar-refractivity contribution < 1.29 is 9.59 Å². The van der Waals surface area contributed by atoms with E-state index < -0.39 is 5.54 Å². The van der Waals surface area contributed by atoms with E-state index in [1.165, 1.54) is 4.90 Å². The van der Waals surface area contributed by atoms with E-state index in [1.807, 2.05) is 13.8 Å². The molecular weight excluding hydrogens is 240 g/mol. The van der Waals surface area contributed by atoms with Crippen molar-refractivity contribution >= 4 is 11.8 Å². The van der Waals surface area contributed by atoms with Crippen molar-refractivity contribution in [1.29, 1.82) is 5.26 Å². The van der Waals surface area contributed by atoms with Crippen molar-refractivity contribution in [2.45, 2.75) is 52.0 Å². The lowest BCUT2D eigenvalue weighted by atomic mass is 9.76. The molecule has 2 aliphatic carbocycles. The van der Waals surface area contributed by atoms with Gasteiger partial charge in [0.15, 0.2) is 0 Å². The molecular formula is C15H20N2O2. The lowest BCUT2D eigenvalue weighted by Crippen LogP contribution is -2.54. The summed E-state index contributed by atoms with van der Waals surface area (Å²) >= 11 is 0. The SMILES string of the molecule is CC1CCC(C#N)(N2C(=O)C3C(C2=O)C3(C)C)CC1. The molecule has 3 rings (SSSR count). The minimum Gasteiger partial charge on any atom is -0.274 e. The second kappa shape index (κ2) is 3.59. The number of carbonyl (C=O) groups is 2. The number of nitrogens with zero attached hydrogens (tertiary/aromatic N) is 2. The predicted octanol–water partition coefficient (Wildman–Crippen LogP) is 2.10. The molecule has 2 unspecified atom stereocenters. The molecule has 2 atom stereocenters. The minimum absolute atomic E-state index is 0.101. The largest absolute Gasteiger partial charge is 0.274 e. The summed E-state index contributed by atoms with van der Waals surface area (Å²) in [5.41, 5.74) is -1.05. The molecule has 102 valence electrons. The fourth-order valence-electron chi connectivity index (χ4n) is 3.99. The highest BCUT2D eigenvalue weighted by Gasteiger charge is 2.74. The monoisotopic (exact) mass is 260 g/mol. The first-order valence-corrected chi connectivity index (χ1v) is 7.14. The molecule has 0 N–H and O–H groups in total. The van der Waals surface area contributed by atoms with Crippen LogP contribution < -0.4 is 0 Å². The Hall–Kier alpha value is -1.37. The van der Waals surface area contributed by atoms with E-state index in [2.05, 4.69) is 13.0 Å². The van der Waals surface area contributed by atoms with Crippen LogP contribution in [0.15, 0.2) is 0 Å². The Labute approximate surface area is 113 Å². The summed E-state index contributed by atoms with van der Waals surface area (Å²) in [6.45, 7) is 6.10. The predicted molar refractivity (Wildman–Crippen MR) is 68.6 cm³/mol. The smallest absolute Gasteiger partial charge is 0.235 e. The number of nitriles is 1. The van der Waals surface area contributed by atoms with Crippen molar-refractivity contribution in [3.05, 3.63) is 0 Å². The van der Waals surface area contributed by atoms with Crippen molar-refractivity contribution in [2.75, 3.05) is 0 Å². The Kier molecular flexibility index (Phi) is 2.39. The number of piperidine rings is 1. The van der Waals surface area contributed by atoms with Gasteiger partial charge in [-0.3, -0.25) is 14.5 Å². The molecule has 4 nitrogen and oxygen atoms in total. The molecule has 19 heavy (non-hydrogen) atoms. The second-order valence-corrected chi connectivity index (χ2v) is 7.11. The van der Waals surface area contributed by atoms with Gasteiger partial charge in [0.25, 0.3) is 0 Å². The van der Waals surface area contributed by atoms with Crippen LogP contribution in [-0.4, -0.2) is 22.3 Å². The maximum absolute atomic E-state index is 12.5. The molecule has 1 aliphatic heterocycles. The van der Waals surface area contributed by atoms with Gasteiger partial charge in [-0.05, 0) is 37.0 Å². The Morgan fingerprint density at radius 1 is 1.16 bits per heavy atom. The maximum Gasteiger partial charge on any atom is 0.235 e. The number of hydrogen-bond donors (Lipinski definition) is 0. The fraction of sp³-hybridized carbons (Fsp3) is 0.800. The van der Waals surface area contributed by atoms with E-state index in [4.69, 9.17) is 0 Å². The van der Waals surface area contributed by atoms with Crippen LogP contribution in [0.2, 0.25) is 0 Å². The molecule has 0 bridgehead atoms. The van der Waals surface area contributed by atoms with Gasteiger partial charge in [0.05, 0.1) is 17.9 Å². The van der Waals surface area contributed by atoms with Crippen LogP contribution in [0.3, 0.4) is 0 Å². The number of imide groups is 1. The first kappa shape index (κ1) is 12.7. The van der Waals surface area contributed by atoms with Crippen LogP contribution in [0.1, 0.15) is 46.5 Å². The summed E-state index contributed by atoms with van der Waals surface area (Å²) in [6.07, 6.45) is 3.12. The molecule has 0 aromatic heterocycles. The van der Waals surface area contributed by atoms with Gasteiger partial charge in [-0.1, -0.05) is 20.8 Å². The molecule has 0 radical (unpaired) electrons. The topological polar surface area (TPSA) is 61.2 Å². The zero-order valence-corrected chi connectivity index (χ0v) is 11.8. The number of amides is 2. The summed E-state index contributed by atoms with van der Waals surface area (Å²) in [4.78, 5) is 26.3. The molecule has 1 saturated heterocycles. The highest BCUT2D eigenvalue weighted by molar-refractivity contribution is 6.11. The molecule has 3 fully saturated rings. The average Bonchev–Trinajstić information content (AvgIpc) is 2.82. The quantitative estimate of drug-likeness (QED) is 0.678. The van der Waals surface area contributed by atoms with Gasteiger partial charge in [-0.15, -0.1) is 0 Å². The van der Waals surface area contributed by atoms with Gasteiger partial charge >= 0.3 is 0 Å². The lowest BCUT2D eigenvalue weighted by molar-refractivity contribution is -0.149. The Morgan fingerprint density at radius 2 is 1.63 bits per heavy atom. The first-order chi connectivity index (χ1) is 8.85. The molecule has 0 aromatic rings. The van der Waals surface area contributed by atoms with E-state index in [0.717, 1.165) is 12.8 Å². The zero-order valence-electron chi connectivity index (χ0n) is 11.8. The summed E-state index contributed by atoms with van der Waals surface area (Å²) < 4.78 is 0. The maximum atomic E-state index is 12.5. The Balaban J connectivity index is 1.89. The van der Waals surface area contributed by atoms with E-state index in [-0.39, 0.29) is 29.1 Å². The van der Waals surface area contributed by atoms with Crippen LogP contribution in [0.5, 0.6) is 0 Å². The number of likely N-dealkylation sites (tertiary alicyclic amines) is 1. The third kappa shape index (κ3) is 1.45. The summed E-state index contributed by atoms with van der Waals surface area (Å²) in [5, 5.41) is 9.56. The van der Waals surface area contributed by atoms with Crippen LogP contribution >= 0.6 is 0 Å². The van der Waals surface area contributed by atoms with Crippen molar-refractivity contribution in [3.8, 4) is 6.07 Å². The third-order valence-electron chi connectivity index (χ3n) is 5.54. The van der Waals surface area contributed by atoms with Gasteiger partial charge in [-0.2, -0.15) is 5.26 Å². The molecule has 0 aromatic carbocycles. The number of rotatable bonds is 1. The zero-order chi connectivity index (χ0) is 14.0. The van der Waals surface area contributed by atoms with Crippen LogP contribution in [0.4, 0.5) is 0 Å². The summed E-state index contributed by atoms with van der Waals surface area (Å²) in [5.74, 6) is 0.0293. The Morgan fingerprint density at radius 3 is 2.05 bits per heavy atom. The molecule has 0 spiro atoms. The number of fused-ring (bicyclic) bond motifs is 1. The third-order valence-corrected chi connectivity index (χ3v) is 5.54. The fourth-order valence-corrected chi connectivity index (χ4v) is 3.99. The van der Waals surface area contributed by atoms with E-state index >= 15 is 0 Å². The highest BCUT2D eigenvalue weighted by atomic mass is 16.2. The molecule has 2 saturated carbocycles. The normalized spacial score (nSPS) is 43.9. The van der Waals surface area contributed by atoms with Gasteiger partial charge in [0, 0.05) is 0 Å². The van der Waals surface area contributed by atoms with Crippen molar-refractivity contribution in [3.63, 3.8) is 0 Å². The second-order valence-electron chi connectivity index (χ2n) is 7.11. The van der Waals surface area contributed by atoms with E-state index in [9.17, 15) is 14.9 Å². The van der Waals surface area contributed by atoms with E-state index in [0.29, 0.717) is 18.8 Å². The van der Waals surface area contributed by atoms with Gasteiger partial charge in [-0.25, -0.2) is 0 Å². The highest BCUT2D eigenvalue weighted by Crippen LogP contribution is 2.64. The molecule has 2 amide bonds. The van der Waals surface area contributed by atoms with Gasteiger partial charge in [0.1, 0.15) is 5.54 Å². The standard InChI is InChI=1S/C15H20N2O2/c1-9-4-6-15(8-16,7-5-9)17-12(18)10-11(13(17)19)14(10,2)3/h9-11H,4-7H2,1-3H3. The van der Waals surface area contributed by atoms with Gasteiger partial charge in [0.2, 0.25) is 11.8 Å². The molecule has 3 aliphatic rings. The number of hydrogen-bond acceptors (Lipinski definition) is 3. The first-order valence-electron chi connectivity index (χ1n) is 7.14.